The average Bonchev–Trinajstić information content (AvgIpc) is 3.22. The standard InChI is InChI=1S/C17H16N8/c1-24-10-12(9-22-24)14-4-5-15(18)25(23-14)16(19)7-11-8-21-17-13(11)3-2-6-20-17/h2-6,8-10,18-19H,7H2,1H3,(H,20,21). The first kappa shape index (κ1) is 15.0. The lowest BCUT2D eigenvalue weighted by Gasteiger charge is -2.08. The molecule has 0 saturated carbocycles. The zero-order valence-corrected chi connectivity index (χ0v) is 13.6. The topological polar surface area (TPSA) is 112 Å². The van der Waals surface area contributed by atoms with Crippen molar-refractivity contribution in [1.29, 1.82) is 10.8 Å². The molecule has 0 unspecified atom stereocenters. The first-order valence-electron chi connectivity index (χ1n) is 7.74. The van der Waals surface area contributed by atoms with Gasteiger partial charge in [0.2, 0.25) is 0 Å². The summed E-state index contributed by atoms with van der Waals surface area (Å²) in [5, 5.41) is 26.0. The molecule has 0 fully saturated rings. The number of nitrogens with zero attached hydrogens (tertiary/aromatic N) is 5. The fourth-order valence-corrected chi connectivity index (χ4v) is 2.75. The molecule has 0 atom stereocenters. The second-order valence-electron chi connectivity index (χ2n) is 5.76. The molecule has 0 spiro atoms. The van der Waals surface area contributed by atoms with Crippen LogP contribution >= 0.6 is 0 Å². The van der Waals surface area contributed by atoms with Crippen LogP contribution in [0.2, 0.25) is 0 Å². The minimum Gasteiger partial charge on any atom is -0.346 e. The van der Waals surface area contributed by atoms with Gasteiger partial charge in [0.25, 0.3) is 0 Å². The Labute approximate surface area is 142 Å². The number of H-pyrrole nitrogens is 1. The van der Waals surface area contributed by atoms with Gasteiger partial charge in [0, 0.05) is 43.0 Å². The molecule has 0 aromatic carbocycles. The summed E-state index contributed by atoms with van der Waals surface area (Å²) in [6.45, 7) is 0. The van der Waals surface area contributed by atoms with Crippen molar-refractivity contribution >= 4 is 16.9 Å². The molecule has 0 saturated heterocycles. The van der Waals surface area contributed by atoms with Crippen LogP contribution in [-0.4, -0.2) is 35.4 Å². The summed E-state index contributed by atoms with van der Waals surface area (Å²) in [5.74, 6) is 0.223. The molecule has 4 rings (SSSR count). The predicted molar refractivity (Wildman–Crippen MR) is 93.2 cm³/mol. The van der Waals surface area contributed by atoms with Gasteiger partial charge in [-0.1, -0.05) is 0 Å². The second-order valence-corrected chi connectivity index (χ2v) is 5.76. The summed E-state index contributed by atoms with van der Waals surface area (Å²) in [6.07, 6.45) is 7.49. The maximum absolute atomic E-state index is 8.41. The fourth-order valence-electron chi connectivity index (χ4n) is 2.75. The Hall–Kier alpha value is -3.55. The number of fused-ring (bicyclic) bond motifs is 1. The van der Waals surface area contributed by atoms with Crippen molar-refractivity contribution in [2.24, 2.45) is 7.05 Å². The highest BCUT2D eigenvalue weighted by atomic mass is 15.3. The van der Waals surface area contributed by atoms with Gasteiger partial charge in [-0.25, -0.2) is 9.67 Å². The molecule has 8 heteroatoms. The van der Waals surface area contributed by atoms with Gasteiger partial charge in [-0.2, -0.15) is 10.2 Å². The zero-order chi connectivity index (χ0) is 17.4. The highest BCUT2D eigenvalue weighted by Crippen LogP contribution is 2.17. The molecule has 0 aliphatic rings. The molecule has 3 N–H and O–H groups in total. The van der Waals surface area contributed by atoms with Crippen LogP contribution in [0.4, 0.5) is 0 Å². The van der Waals surface area contributed by atoms with Crippen LogP contribution in [0.25, 0.3) is 22.3 Å². The number of aromatic nitrogens is 6. The highest BCUT2D eigenvalue weighted by Gasteiger charge is 2.11. The van der Waals surface area contributed by atoms with Crippen LogP contribution in [0.1, 0.15) is 5.56 Å². The van der Waals surface area contributed by atoms with E-state index in [9.17, 15) is 0 Å². The molecule has 0 aliphatic heterocycles. The van der Waals surface area contributed by atoms with Crippen molar-refractivity contribution in [3.63, 3.8) is 0 Å². The summed E-state index contributed by atoms with van der Waals surface area (Å²) < 4.78 is 3.04. The Balaban J connectivity index is 1.69. The van der Waals surface area contributed by atoms with E-state index in [2.05, 4.69) is 20.2 Å². The number of aryl methyl sites for hydroxylation is 1. The molecule has 25 heavy (non-hydrogen) atoms. The van der Waals surface area contributed by atoms with E-state index < -0.39 is 0 Å². The first-order chi connectivity index (χ1) is 12.1. The van der Waals surface area contributed by atoms with E-state index in [4.69, 9.17) is 10.8 Å². The van der Waals surface area contributed by atoms with Crippen molar-refractivity contribution in [3.05, 3.63) is 60.1 Å². The Bertz CT molecular complexity index is 1130. The van der Waals surface area contributed by atoms with Gasteiger partial charge < -0.3 is 4.98 Å². The van der Waals surface area contributed by atoms with Crippen LogP contribution < -0.4 is 5.49 Å². The number of hydrogen-bond acceptors (Lipinski definition) is 5. The van der Waals surface area contributed by atoms with E-state index >= 15 is 0 Å². The number of hydrogen-bond donors (Lipinski definition) is 3. The van der Waals surface area contributed by atoms with Crippen molar-refractivity contribution in [2.75, 3.05) is 0 Å². The molecule has 8 nitrogen and oxygen atoms in total. The third kappa shape index (κ3) is 2.74. The summed E-state index contributed by atoms with van der Waals surface area (Å²) >= 11 is 0. The zero-order valence-electron chi connectivity index (χ0n) is 13.6. The molecule has 0 bridgehead atoms. The van der Waals surface area contributed by atoms with Crippen LogP contribution in [0.5, 0.6) is 0 Å². The summed E-state index contributed by atoms with van der Waals surface area (Å²) in [4.78, 5) is 7.37. The van der Waals surface area contributed by atoms with Crippen LogP contribution in [0, 0.1) is 10.8 Å². The lowest BCUT2D eigenvalue weighted by molar-refractivity contribution is 0.767. The lowest BCUT2D eigenvalue weighted by Crippen LogP contribution is -2.30. The van der Waals surface area contributed by atoms with E-state index in [0.717, 1.165) is 22.2 Å². The second kappa shape index (κ2) is 5.82. The molecule has 4 aromatic heterocycles. The molecule has 4 aromatic rings. The largest absolute Gasteiger partial charge is 0.346 e. The third-order valence-electron chi connectivity index (χ3n) is 3.99. The first-order valence-corrected chi connectivity index (χ1v) is 7.74. The number of pyridine rings is 1. The summed E-state index contributed by atoms with van der Waals surface area (Å²) in [6, 6.07) is 7.24. The van der Waals surface area contributed by atoms with Gasteiger partial charge >= 0.3 is 0 Å². The normalized spacial score (nSPS) is 11.1. The maximum Gasteiger partial charge on any atom is 0.148 e. The van der Waals surface area contributed by atoms with Crippen molar-refractivity contribution in [1.82, 2.24) is 29.5 Å². The molecule has 4 heterocycles. The van der Waals surface area contributed by atoms with Crippen LogP contribution in [0.3, 0.4) is 0 Å². The van der Waals surface area contributed by atoms with Crippen molar-refractivity contribution in [2.45, 2.75) is 6.42 Å². The molecule has 0 amide bonds. The molecule has 0 radical (unpaired) electrons. The highest BCUT2D eigenvalue weighted by molar-refractivity contribution is 5.89. The average molecular weight is 332 g/mol. The number of nitrogens with one attached hydrogen (secondary N) is 3. The van der Waals surface area contributed by atoms with Crippen molar-refractivity contribution < 1.29 is 0 Å². The van der Waals surface area contributed by atoms with Gasteiger partial charge in [-0.3, -0.25) is 15.5 Å². The Morgan fingerprint density at radius 2 is 2.16 bits per heavy atom. The Morgan fingerprint density at radius 1 is 1.28 bits per heavy atom. The Morgan fingerprint density at radius 3 is 2.96 bits per heavy atom. The maximum atomic E-state index is 8.41. The van der Waals surface area contributed by atoms with Gasteiger partial charge in [-0.15, -0.1) is 0 Å². The summed E-state index contributed by atoms with van der Waals surface area (Å²) in [5.41, 5.74) is 3.43. The van der Waals surface area contributed by atoms with Gasteiger partial charge in [0.1, 0.15) is 17.0 Å². The molecular weight excluding hydrogens is 316 g/mol. The van der Waals surface area contributed by atoms with E-state index in [1.807, 2.05) is 31.6 Å². The Kier molecular flexibility index (Phi) is 3.50. The molecule has 0 aliphatic carbocycles. The van der Waals surface area contributed by atoms with Gasteiger partial charge in [0.05, 0.1) is 11.9 Å². The van der Waals surface area contributed by atoms with Crippen LogP contribution in [-0.2, 0) is 13.5 Å². The molecule has 124 valence electrons. The SMILES string of the molecule is Cn1cc(-c2ccc(=N)n(C(=N)Cc3c[nH]c4ncccc34)n2)cn1. The van der Waals surface area contributed by atoms with E-state index in [-0.39, 0.29) is 11.3 Å². The monoisotopic (exact) mass is 332 g/mol. The van der Waals surface area contributed by atoms with E-state index in [1.54, 1.807) is 29.2 Å². The lowest BCUT2D eigenvalue weighted by atomic mass is 10.1. The third-order valence-corrected chi connectivity index (χ3v) is 3.99. The quantitative estimate of drug-likeness (QED) is 0.392. The fraction of sp³-hybridized carbons (Fsp3) is 0.118. The van der Waals surface area contributed by atoms with Crippen molar-refractivity contribution in [3.8, 4) is 11.3 Å². The van der Waals surface area contributed by atoms with Gasteiger partial charge in [0.15, 0.2) is 0 Å². The smallest absolute Gasteiger partial charge is 0.148 e. The molecular formula is C17H16N8. The predicted octanol–water partition coefficient (Wildman–Crippen LogP) is 1.71. The number of aromatic amines is 1. The van der Waals surface area contributed by atoms with Crippen LogP contribution in [0.15, 0.2) is 49.1 Å². The summed E-state index contributed by atoms with van der Waals surface area (Å²) in [7, 11) is 1.84. The number of rotatable bonds is 3. The van der Waals surface area contributed by atoms with E-state index in [0.29, 0.717) is 12.1 Å². The minimum atomic E-state index is 0.163. The van der Waals surface area contributed by atoms with E-state index in [1.165, 1.54) is 4.68 Å². The van der Waals surface area contributed by atoms with Gasteiger partial charge in [-0.05, 0) is 29.8 Å². The minimum absolute atomic E-state index is 0.163.